The van der Waals surface area contributed by atoms with E-state index in [1.165, 1.54) is 31.8 Å². The van der Waals surface area contributed by atoms with Crippen LogP contribution in [0.15, 0.2) is 28.9 Å². The van der Waals surface area contributed by atoms with E-state index >= 15 is 0 Å². The third-order valence-corrected chi connectivity index (χ3v) is 4.82. The number of rotatable bonds is 4. The second-order valence-corrected chi connectivity index (χ2v) is 6.41. The van der Waals surface area contributed by atoms with Gasteiger partial charge in [-0.2, -0.15) is 0 Å². The van der Waals surface area contributed by atoms with Gasteiger partial charge in [-0.05, 0) is 37.0 Å². The molecule has 2 heterocycles. The topological polar surface area (TPSA) is 53.8 Å². The van der Waals surface area contributed by atoms with Crippen molar-refractivity contribution in [1.29, 1.82) is 0 Å². The summed E-state index contributed by atoms with van der Waals surface area (Å²) in [5.41, 5.74) is 0. The smallest absolute Gasteiger partial charge is 0.246 e. The normalized spacial score (nSPS) is 19.7. The van der Waals surface area contributed by atoms with Crippen LogP contribution >= 0.6 is 0 Å². The molecule has 5 heteroatoms. The fraction of sp³-hybridized carbons (Fsp3) is 0.556. The first-order valence-electron chi connectivity index (χ1n) is 8.50. The third kappa shape index (κ3) is 4.24. The highest BCUT2D eigenvalue weighted by Crippen LogP contribution is 2.28. The fourth-order valence-electron chi connectivity index (χ4n) is 3.41. The van der Waals surface area contributed by atoms with E-state index in [9.17, 15) is 9.59 Å². The highest BCUT2D eigenvalue weighted by atomic mass is 16.3. The lowest BCUT2D eigenvalue weighted by atomic mass is 10.0. The van der Waals surface area contributed by atoms with Crippen molar-refractivity contribution >= 4 is 17.9 Å². The van der Waals surface area contributed by atoms with Crippen molar-refractivity contribution in [2.24, 2.45) is 5.92 Å². The van der Waals surface area contributed by atoms with Crippen molar-refractivity contribution in [2.75, 3.05) is 26.2 Å². The van der Waals surface area contributed by atoms with E-state index in [1.54, 1.807) is 23.3 Å². The summed E-state index contributed by atoms with van der Waals surface area (Å²) in [5, 5.41) is 0. The number of nitrogens with zero attached hydrogens (tertiary/aromatic N) is 2. The molecule has 1 aliphatic carbocycles. The zero-order valence-electron chi connectivity index (χ0n) is 13.4. The lowest BCUT2D eigenvalue weighted by Gasteiger charge is -2.34. The molecule has 1 saturated heterocycles. The molecular weight excluding hydrogens is 292 g/mol. The number of piperazine rings is 1. The largest absolute Gasteiger partial charge is 0.465 e. The number of carbonyl (C=O) groups is 2. The molecule has 0 radical (unpaired) electrons. The average Bonchev–Trinajstić information content (AvgIpc) is 3.26. The van der Waals surface area contributed by atoms with Gasteiger partial charge in [0.15, 0.2) is 0 Å². The molecule has 1 aromatic heterocycles. The van der Waals surface area contributed by atoms with Gasteiger partial charge in [-0.1, -0.05) is 12.8 Å². The van der Waals surface area contributed by atoms with E-state index in [1.807, 2.05) is 11.0 Å². The maximum Gasteiger partial charge on any atom is 0.246 e. The Morgan fingerprint density at radius 1 is 1.13 bits per heavy atom. The van der Waals surface area contributed by atoms with E-state index in [0.29, 0.717) is 44.3 Å². The van der Waals surface area contributed by atoms with Crippen molar-refractivity contribution in [2.45, 2.75) is 32.1 Å². The lowest BCUT2D eigenvalue weighted by Crippen LogP contribution is -2.50. The summed E-state index contributed by atoms with van der Waals surface area (Å²) in [6.45, 7) is 2.51. The van der Waals surface area contributed by atoms with Crippen molar-refractivity contribution in [1.82, 2.24) is 9.80 Å². The molecule has 1 saturated carbocycles. The highest BCUT2D eigenvalue weighted by Gasteiger charge is 2.26. The second kappa shape index (κ2) is 7.49. The standard InChI is InChI=1S/C18H24N2O3/c21-17(8-7-16-6-3-13-23-16)19-9-11-20(12-10-19)18(22)14-15-4-1-2-5-15/h3,6-8,13,15H,1-2,4-5,9-12,14H2/b8-7-. The van der Waals surface area contributed by atoms with Crippen LogP contribution in [0.2, 0.25) is 0 Å². The molecule has 3 rings (SSSR count). The summed E-state index contributed by atoms with van der Waals surface area (Å²) in [4.78, 5) is 28.2. The third-order valence-electron chi connectivity index (χ3n) is 4.82. The molecular formula is C18H24N2O3. The molecule has 23 heavy (non-hydrogen) atoms. The number of hydrogen-bond acceptors (Lipinski definition) is 3. The summed E-state index contributed by atoms with van der Waals surface area (Å²) < 4.78 is 5.17. The van der Waals surface area contributed by atoms with Gasteiger partial charge >= 0.3 is 0 Å². The van der Waals surface area contributed by atoms with Crippen LogP contribution in [-0.4, -0.2) is 47.8 Å². The minimum absolute atomic E-state index is 0.0238. The summed E-state index contributed by atoms with van der Waals surface area (Å²) in [7, 11) is 0. The number of amides is 2. The average molecular weight is 316 g/mol. The van der Waals surface area contributed by atoms with Gasteiger partial charge in [-0.3, -0.25) is 9.59 Å². The Hall–Kier alpha value is -2.04. The van der Waals surface area contributed by atoms with Crippen molar-refractivity contribution < 1.29 is 14.0 Å². The summed E-state index contributed by atoms with van der Waals surface area (Å²) in [5.74, 6) is 1.49. The molecule has 0 spiro atoms. The van der Waals surface area contributed by atoms with Gasteiger partial charge < -0.3 is 14.2 Å². The van der Waals surface area contributed by atoms with Crippen LogP contribution in [-0.2, 0) is 9.59 Å². The molecule has 0 aromatic carbocycles. The van der Waals surface area contributed by atoms with E-state index in [2.05, 4.69) is 0 Å². The Morgan fingerprint density at radius 3 is 2.48 bits per heavy atom. The van der Waals surface area contributed by atoms with E-state index < -0.39 is 0 Å². The van der Waals surface area contributed by atoms with Crippen LogP contribution in [0.3, 0.4) is 0 Å². The van der Waals surface area contributed by atoms with Crippen molar-refractivity contribution in [3.8, 4) is 0 Å². The van der Waals surface area contributed by atoms with Gasteiger partial charge in [-0.25, -0.2) is 0 Å². The molecule has 2 fully saturated rings. The minimum Gasteiger partial charge on any atom is -0.465 e. The SMILES string of the molecule is O=C(/C=C\c1ccco1)N1CCN(C(=O)CC2CCCC2)CC1. The van der Waals surface area contributed by atoms with Crippen LogP contribution in [0.25, 0.3) is 6.08 Å². The second-order valence-electron chi connectivity index (χ2n) is 6.41. The maximum absolute atomic E-state index is 12.3. The van der Waals surface area contributed by atoms with Crippen LogP contribution in [0.5, 0.6) is 0 Å². The van der Waals surface area contributed by atoms with Crippen LogP contribution in [0.4, 0.5) is 0 Å². The van der Waals surface area contributed by atoms with Gasteiger partial charge in [-0.15, -0.1) is 0 Å². The highest BCUT2D eigenvalue weighted by molar-refractivity contribution is 5.91. The predicted molar refractivity (Wildman–Crippen MR) is 87.5 cm³/mol. The van der Waals surface area contributed by atoms with Crippen molar-refractivity contribution in [3.63, 3.8) is 0 Å². The van der Waals surface area contributed by atoms with E-state index in [-0.39, 0.29) is 11.8 Å². The van der Waals surface area contributed by atoms with Crippen LogP contribution in [0, 0.1) is 5.92 Å². The molecule has 0 unspecified atom stereocenters. The lowest BCUT2D eigenvalue weighted by molar-refractivity contribution is -0.137. The van der Waals surface area contributed by atoms with Gasteiger partial charge in [0.2, 0.25) is 11.8 Å². The molecule has 2 amide bonds. The number of hydrogen-bond donors (Lipinski definition) is 0. The molecule has 5 nitrogen and oxygen atoms in total. The number of furan rings is 1. The van der Waals surface area contributed by atoms with Crippen LogP contribution < -0.4 is 0 Å². The minimum atomic E-state index is -0.0238. The molecule has 124 valence electrons. The van der Waals surface area contributed by atoms with Gasteiger partial charge in [0, 0.05) is 38.7 Å². The summed E-state index contributed by atoms with van der Waals surface area (Å²) in [6.07, 6.45) is 10.4. The Balaban J connectivity index is 1.44. The maximum atomic E-state index is 12.3. The van der Waals surface area contributed by atoms with Gasteiger partial charge in [0.25, 0.3) is 0 Å². The first-order valence-corrected chi connectivity index (χ1v) is 8.50. The van der Waals surface area contributed by atoms with Crippen LogP contribution in [0.1, 0.15) is 37.9 Å². The summed E-state index contributed by atoms with van der Waals surface area (Å²) >= 11 is 0. The van der Waals surface area contributed by atoms with Gasteiger partial charge in [0.1, 0.15) is 5.76 Å². The Kier molecular flexibility index (Phi) is 5.16. The first-order chi connectivity index (χ1) is 11.2. The molecule has 0 atom stereocenters. The number of carbonyl (C=O) groups excluding carboxylic acids is 2. The van der Waals surface area contributed by atoms with Gasteiger partial charge in [0.05, 0.1) is 6.26 Å². The predicted octanol–water partition coefficient (Wildman–Crippen LogP) is 2.54. The Labute approximate surface area is 136 Å². The van der Waals surface area contributed by atoms with Crippen molar-refractivity contribution in [3.05, 3.63) is 30.2 Å². The monoisotopic (exact) mass is 316 g/mol. The fourth-order valence-corrected chi connectivity index (χ4v) is 3.41. The molecule has 1 aliphatic heterocycles. The van der Waals surface area contributed by atoms with E-state index in [0.717, 1.165) is 0 Å². The Bertz CT molecular complexity index is 551. The van der Waals surface area contributed by atoms with E-state index in [4.69, 9.17) is 4.42 Å². The zero-order valence-corrected chi connectivity index (χ0v) is 13.4. The molecule has 0 N–H and O–H groups in total. The molecule has 2 aliphatic rings. The summed E-state index contributed by atoms with van der Waals surface area (Å²) in [6, 6.07) is 3.60. The molecule has 1 aromatic rings. The molecule has 0 bridgehead atoms. The Morgan fingerprint density at radius 2 is 1.83 bits per heavy atom. The zero-order chi connectivity index (χ0) is 16.1. The first kappa shape index (κ1) is 15.8. The quantitative estimate of drug-likeness (QED) is 0.802.